The third-order valence-corrected chi connectivity index (χ3v) is 9.44. The molecule has 1 saturated carbocycles. The topological polar surface area (TPSA) is 78.4 Å². The maximum absolute atomic E-state index is 12.8. The molecule has 1 heterocycles. The molecule has 0 saturated heterocycles. The van der Waals surface area contributed by atoms with Gasteiger partial charge in [-0.25, -0.2) is 18.4 Å². The number of rotatable bonds is 11. The van der Waals surface area contributed by atoms with Gasteiger partial charge in [0.1, 0.15) is 11.6 Å². The fraction of sp³-hybridized carbons (Fsp3) is 0.562. The van der Waals surface area contributed by atoms with Gasteiger partial charge in [-0.2, -0.15) is 4.31 Å². The molecule has 0 bridgehead atoms. The summed E-state index contributed by atoms with van der Waals surface area (Å²) in [7, 11) is 0.616. The first kappa shape index (κ1) is 32.0. The minimum absolute atomic E-state index is 0.407. The summed E-state index contributed by atoms with van der Waals surface area (Å²) in [5.41, 5.74) is 2.15. The van der Waals surface area contributed by atoms with Crippen molar-refractivity contribution in [2.75, 3.05) is 38.6 Å². The van der Waals surface area contributed by atoms with Gasteiger partial charge in [0, 0.05) is 39.1 Å². The van der Waals surface area contributed by atoms with E-state index in [9.17, 15) is 8.42 Å². The van der Waals surface area contributed by atoms with Crippen molar-refractivity contribution in [3.63, 3.8) is 0 Å². The molecule has 0 amide bonds. The van der Waals surface area contributed by atoms with Crippen LogP contribution in [0.3, 0.4) is 0 Å². The van der Waals surface area contributed by atoms with Gasteiger partial charge in [-0.3, -0.25) is 0 Å². The Balaban J connectivity index is 0.000000263. The molecule has 0 radical (unpaired) electrons. The van der Waals surface area contributed by atoms with E-state index in [0.29, 0.717) is 18.0 Å². The number of hydrogen-bond donors (Lipinski definition) is 1. The van der Waals surface area contributed by atoms with Crippen molar-refractivity contribution in [3.05, 3.63) is 59.9 Å². The summed E-state index contributed by atoms with van der Waals surface area (Å²) < 4.78 is 27.2. The first-order valence-corrected chi connectivity index (χ1v) is 16.3. The summed E-state index contributed by atoms with van der Waals surface area (Å²) in [5.74, 6) is 3.48. The Morgan fingerprint density at radius 3 is 2.12 bits per heavy atom. The molecule has 1 aromatic heterocycles. The minimum atomic E-state index is -3.37. The largest absolute Gasteiger partial charge is 0.362 e. The summed E-state index contributed by atoms with van der Waals surface area (Å²) >= 11 is 0. The Morgan fingerprint density at radius 1 is 0.900 bits per heavy atom. The molecule has 2 aromatic carbocycles. The monoisotopic (exact) mass is 567 g/mol. The lowest BCUT2D eigenvalue weighted by Crippen LogP contribution is -2.32. The molecule has 8 heteroatoms. The average Bonchev–Trinajstić information content (AvgIpc) is 2.94. The van der Waals surface area contributed by atoms with Crippen LogP contribution in [0.1, 0.15) is 70.7 Å². The van der Waals surface area contributed by atoms with Crippen LogP contribution in [0.15, 0.2) is 53.4 Å². The van der Waals surface area contributed by atoms with Crippen LogP contribution in [-0.4, -0.2) is 56.4 Å². The van der Waals surface area contributed by atoms with Crippen molar-refractivity contribution in [1.82, 2.24) is 19.6 Å². The average molecular weight is 568 g/mol. The number of sulfonamides is 1. The maximum atomic E-state index is 12.8. The Kier molecular flexibility index (Phi) is 12.3. The van der Waals surface area contributed by atoms with E-state index in [1.54, 1.807) is 16.4 Å². The Morgan fingerprint density at radius 2 is 1.52 bits per heavy atom. The second-order valence-electron chi connectivity index (χ2n) is 11.3. The smallest absolute Gasteiger partial charge is 0.243 e. The number of para-hydroxylation sites is 1. The number of fused-ring (bicyclic) bond motifs is 1. The van der Waals surface area contributed by atoms with E-state index in [-0.39, 0.29) is 0 Å². The zero-order valence-electron chi connectivity index (χ0n) is 25.4. The van der Waals surface area contributed by atoms with E-state index in [1.165, 1.54) is 25.7 Å². The highest BCUT2D eigenvalue weighted by Crippen LogP contribution is 2.28. The molecule has 1 aliphatic rings. The highest BCUT2D eigenvalue weighted by molar-refractivity contribution is 7.89. The van der Waals surface area contributed by atoms with E-state index >= 15 is 0 Å². The molecule has 4 rings (SSSR count). The lowest BCUT2D eigenvalue weighted by Gasteiger charge is -2.26. The van der Waals surface area contributed by atoms with E-state index in [4.69, 9.17) is 0 Å². The van der Waals surface area contributed by atoms with Crippen molar-refractivity contribution in [1.29, 1.82) is 0 Å². The number of benzene rings is 2. The van der Waals surface area contributed by atoms with Crippen molar-refractivity contribution in [2.45, 2.75) is 77.7 Å². The fourth-order valence-corrected chi connectivity index (χ4v) is 6.87. The Labute approximate surface area is 242 Å². The maximum Gasteiger partial charge on any atom is 0.243 e. The molecule has 1 N–H and O–H groups in total. The molecule has 3 aromatic rings. The third-order valence-electron chi connectivity index (χ3n) is 7.52. The number of aromatic nitrogens is 2. The number of aryl methyl sites for hydroxylation is 1. The van der Waals surface area contributed by atoms with Gasteiger partial charge in [-0.05, 0) is 80.8 Å². The summed E-state index contributed by atoms with van der Waals surface area (Å²) in [5, 5.41) is 4.65. The van der Waals surface area contributed by atoms with Crippen molar-refractivity contribution in [3.8, 4) is 0 Å². The summed E-state index contributed by atoms with van der Waals surface area (Å²) in [6, 6.07) is 15.5. The van der Waals surface area contributed by atoms with Crippen LogP contribution in [-0.2, 0) is 16.6 Å². The molecular weight excluding hydrogens is 518 g/mol. The summed E-state index contributed by atoms with van der Waals surface area (Å²) in [6.45, 7) is 11.3. The van der Waals surface area contributed by atoms with Gasteiger partial charge in [-0.15, -0.1) is 0 Å². The molecule has 0 spiro atoms. The first-order valence-electron chi connectivity index (χ1n) is 14.9. The summed E-state index contributed by atoms with van der Waals surface area (Å²) in [4.78, 5) is 11.2. The van der Waals surface area contributed by atoms with Crippen molar-refractivity contribution in [2.24, 2.45) is 11.8 Å². The molecule has 0 unspecified atom stereocenters. The third kappa shape index (κ3) is 8.98. The second-order valence-corrected chi connectivity index (χ2v) is 13.2. The highest BCUT2D eigenvalue weighted by atomic mass is 32.2. The molecule has 7 nitrogen and oxygen atoms in total. The van der Waals surface area contributed by atoms with E-state index in [2.05, 4.69) is 22.2 Å². The lowest BCUT2D eigenvalue weighted by atomic mass is 9.83. The van der Waals surface area contributed by atoms with Crippen molar-refractivity contribution < 1.29 is 8.42 Å². The predicted octanol–water partition coefficient (Wildman–Crippen LogP) is 6.42. The normalized spacial score (nSPS) is 17.5. The molecule has 0 atom stereocenters. The van der Waals surface area contributed by atoms with Crippen LogP contribution in [0.2, 0.25) is 0 Å². The van der Waals surface area contributed by atoms with E-state index < -0.39 is 10.0 Å². The van der Waals surface area contributed by atoms with Crippen LogP contribution in [0.5, 0.6) is 0 Å². The van der Waals surface area contributed by atoms with Crippen LogP contribution in [0.25, 0.3) is 10.9 Å². The predicted molar refractivity (Wildman–Crippen MR) is 167 cm³/mol. The van der Waals surface area contributed by atoms with Gasteiger partial charge in [0.2, 0.25) is 10.0 Å². The molecule has 0 aliphatic heterocycles. The lowest BCUT2D eigenvalue weighted by molar-refractivity contribution is 0.281. The molecule has 40 heavy (non-hydrogen) atoms. The zero-order chi connectivity index (χ0) is 29.1. The second kappa shape index (κ2) is 15.5. The van der Waals surface area contributed by atoms with Gasteiger partial charge in [0.15, 0.2) is 0 Å². The fourth-order valence-electron chi connectivity index (χ4n) is 5.25. The molecule has 220 valence electrons. The van der Waals surface area contributed by atoms with Gasteiger partial charge in [0.25, 0.3) is 0 Å². The first-order chi connectivity index (χ1) is 19.1. The van der Waals surface area contributed by atoms with Crippen LogP contribution < -0.4 is 10.2 Å². The van der Waals surface area contributed by atoms with E-state index in [1.807, 2.05) is 76.2 Å². The Bertz CT molecular complexity index is 1280. The molecule has 1 fully saturated rings. The van der Waals surface area contributed by atoms with Crippen LogP contribution in [0.4, 0.5) is 5.82 Å². The standard InChI is InChI=1S/C21H36N2O2S.C11H13N3/c1-4-14-23(15-5-2)26(24,25)21-12-10-20(11-13-21)17-22-16-19-8-6-18(3)7-9-19;1-8-12-10-7-5-4-6-9(10)11(13-8)14(2)3/h10-13,18-19,22H,4-9,14-17H2,1-3H3;4-7H,1-3H3. The SMILES string of the molecule is CCCN(CCC)S(=O)(=O)c1ccc(CNCC2CCC(C)CC2)cc1.Cc1nc(N(C)C)c2ccccc2n1. The van der Waals surface area contributed by atoms with Gasteiger partial charge < -0.3 is 10.2 Å². The minimum Gasteiger partial charge on any atom is -0.362 e. The van der Waals surface area contributed by atoms with Gasteiger partial charge >= 0.3 is 0 Å². The number of nitrogens with zero attached hydrogens (tertiary/aromatic N) is 4. The summed E-state index contributed by atoms with van der Waals surface area (Å²) in [6.07, 6.45) is 7.03. The highest BCUT2D eigenvalue weighted by Gasteiger charge is 2.23. The number of nitrogens with one attached hydrogen (secondary N) is 1. The quantitative estimate of drug-likeness (QED) is 0.288. The Hall–Kier alpha value is -2.55. The zero-order valence-corrected chi connectivity index (χ0v) is 26.2. The van der Waals surface area contributed by atoms with Gasteiger partial charge in [0.05, 0.1) is 10.4 Å². The number of anilines is 1. The molecule has 1 aliphatic carbocycles. The molecular formula is C32H49N5O2S. The van der Waals surface area contributed by atoms with Gasteiger partial charge in [-0.1, -0.05) is 57.9 Å². The van der Waals surface area contributed by atoms with Crippen LogP contribution >= 0.6 is 0 Å². The van der Waals surface area contributed by atoms with Crippen molar-refractivity contribution >= 4 is 26.7 Å². The van der Waals surface area contributed by atoms with Crippen LogP contribution in [0, 0.1) is 18.8 Å². The number of hydrogen-bond acceptors (Lipinski definition) is 6. The van der Waals surface area contributed by atoms with E-state index in [0.717, 1.165) is 65.9 Å².